The van der Waals surface area contributed by atoms with Crippen LogP contribution in [0.1, 0.15) is 11.3 Å². The van der Waals surface area contributed by atoms with Gasteiger partial charge in [-0.1, -0.05) is 30.3 Å². The monoisotopic (exact) mass is 434 g/mol. The van der Waals surface area contributed by atoms with E-state index >= 15 is 0 Å². The van der Waals surface area contributed by atoms with Crippen molar-refractivity contribution in [2.24, 2.45) is 11.8 Å². The third-order valence-electron chi connectivity index (χ3n) is 7.71. The van der Waals surface area contributed by atoms with E-state index in [0.29, 0.717) is 5.92 Å². The van der Waals surface area contributed by atoms with Gasteiger partial charge in [-0.05, 0) is 24.6 Å². The topological polar surface area (TPSA) is 67.1 Å². The van der Waals surface area contributed by atoms with Crippen LogP contribution in [0, 0.1) is 18.8 Å². The van der Waals surface area contributed by atoms with Crippen molar-refractivity contribution < 1.29 is 19.0 Å². The van der Waals surface area contributed by atoms with Crippen molar-refractivity contribution in [2.75, 3.05) is 39.9 Å². The Labute approximate surface area is 188 Å². The molecule has 0 amide bonds. The highest BCUT2D eigenvalue weighted by molar-refractivity contribution is 5.97. The number of benzene rings is 2. The Morgan fingerprint density at radius 1 is 1.25 bits per heavy atom. The number of nitrogens with zero attached hydrogens (tertiary/aromatic N) is 1. The van der Waals surface area contributed by atoms with E-state index in [2.05, 4.69) is 46.6 Å². The number of hydrogen-bond donors (Lipinski definition) is 2. The maximum Gasteiger partial charge on any atom is 0.135 e. The molecule has 0 saturated carbocycles. The zero-order valence-corrected chi connectivity index (χ0v) is 18.6. The highest BCUT2D eigenvalue weighted by atomic mass is 16.5. The van der Waals surface area contributed by atoms with Gasteiger partial charge in [-0.25, -0.2) is 0 Å². The summed E-state index contributed by atoms with van der Waals surface area (Å²) in [6.07, 6.45) is 0.134. The van der Waals surface area contributed by atoms with E-state index in [0.717, 1.165) is 71.9 Å². The highest BCUT2D eigenvalue weighted by Crippen LogP contribution is 2.48. The first-order chi connectivity index (χ1) is 15.6. The Morgan fingerprint density at radius 2 is 2.09 bits per heavy atom. The van der Waals surface area contributed by atoms with E-state index in [1.807, 2.05) is 13.0 Å². The van der Waals surface area contributed by atoms with Crippen LogP contribution in [0.2, 0.25) is 0 Å². The maximum atomic E-state index is 10.00. The van der Waals surface area contributed by atoms with Crippen molar-refractivity contribution >= 4 is 11.0 Å². The lowest BCUT2D eigenvalue weighted by Crippen LogP contribution is -2.52. The van der Waals surface area contributed by atoms with E-state index in [-0.39, 0.29) is 24.2 Å². The number of fused-ring (bicyclic) bond motifs is 2. The number of morpholine rings is 1. The van der Waals surface area contributed by atoms with Crippen LogP contribution in [-0.4, -0.2) is 61.6 Å². The molecule has 2 N–H and O–H groups in total. The van der Waals surface area contributed by atoms with Crippen molar-refractivity contribution in [3.8, 4) is 16.9 Å². The second kappa shape index (κ2) is 7.59. The van der Waals surface area contributed by atoms with Crippen molar-refractivity contribution in [1.29, 1.82) is 0 Å². The molecule has 1 aromatic heterocycles. The van der Waals surface area contributed by atoms with Crippen molar-refractivity contribution in [3.05, 3.63) is 53.8 Å². The second-order valence-electron chi connectivity index (χ2n) is 9.53. The molecule has 4 atom stereocenters. The Hall–Kier alpha value is -2.38. The van der Waals surface area contributed by atoms with Gasteiger partial charge in [-0.2, -0.15) is 0 Å². The summed E-state index contributed by atoms with van der Waals surface area (Å²) in [6, 6.07) is 14.6. The number of aryl methyl sites for hydroxylation is 1. The summed E-state index contributed by atoms with van der Waals surface area (Å²) in [5.74, 6) is 2.36. The Balaban J connectivity index is 1.32. The summed E-state index contributed by atoms with van der Waals surface area (Å²) in [4.78, 5) is 2.44. The molecule has 0 unspecified atom stereocenters. The smallest absolute Gasteiger partial charge is 0.135 e. The molecular weight excluding hydrogens is 404 g/mol. The third-order valence-corrected chi connectivity index (χ3v) is 7.71. The van der Waals surface area contributed by atoms with Crippen molar-refractivity contribution in [2.45, 2.75) is 25.2 Å². The number of nitrogens with one attached hydrogen (secondary N) is 1. The standard InChI is InChI=1S/C26H30N2O4/c1-16-25(17-6-4-3-5-7-17)19-9-22(30-2)18(8-23(19)31-16)11-28-12-21-20(13-29)24-10-27-14-26(21,15-28)32-24/h3-9,20-21,24,27,29H,10-15H2,1-2H3/t20-,21+,24+,26+/m0/s1. The fraction of sp³-hybridized carbons (Fsp3) is 0.462. The molecular formula is C26H30N2O4. The van der Waals surface area contributed by atoms with Crippen LogP contribution in [0.5, 0.6) is 5.75 Å². The summed E-state index contributed by atoms with van der Waals surface area (Å²) >= 11 is 0. The van der Waals surface area contributed by atoms with Gasteiger partial charge < -0.3 is 24.3 Å². The molecule has 2 aromatic carbocycles. The van der Waals surface area contributed by atoms with Gasteiger partial charge in [0.2, 0.25) is 0 Å². The molecule has 32 heavy (non-hydrogen) atoms. The number of aliphatic hydroxyl groups excluding tert-OH is 1. The molecule has 3 aromatic rings. The van der Waals surface area contributed by atoms with E-state index in [1.54, 1.807) is 7.11 Å². The van der Waals surface area contributed by atoms with E-state index in [1.165, 1.54) is 0 Å². The number of furan rings is 1. The molecule has 2 bridgehead atoms. The first-order valence-electron chi connectivity index (χ1n) is 11.5. The van der Waals surface area contributed by atoms with Crippen LogP contribution in [0.4, 0.5) is 0 Å². The second-order valence-corrected chi connectivity index (χ2v) is 9.53. The minimum Gasteiger partial charge on any atom is -0.496 e. The van der Waals surface area contributed by atoms with Gasteiger partial charge in [0.15, 0.2) is 0 Å². The summed E-state index contributed by atoms with van der Waals surface area (Å²) in [7, 11) is 1.73. The quantitative estimate of drug-likeness (QED) is 0.643. The number of aliphatic hydroxyl groups is 1. The van der Waals surface area contributed by atoms with Crippen molar-refractivity contribution in [1.82, 2.24) is 10.2 Å². The van der Waals surface area contributed by atoms with E-state index in [9.17, 15) is 5.11 Å². The molecule has 3 fully saturated rings. The van der Waals surface area contributed by atoms with Gasteiger partial charge in [-0.15, -0.1) is 0 Å². The van der Waals surface area contributed by atoms with Crippen LogP contribution >= 0.6 is 0 Å². The number of hydrogen-bond acceptors (Lipinski definition) is 6. The van der Waals surface area contributed by atoms with Crippen LogP contribution < -0.4 is 10.1 Å². The van der Waals surface area contributed by atoms with Gasteiger partial charge in [-0.3, -0.25) is 4.90 Å². The molecule has 3 aliphatic heterocycles. The Kier molecular flexibility index (Phi) is 4.80. The van der Waals surface area contributed by atoms with E-state index < -0.39 is 0 Å². The lowest BCUT2D eigenvalue weighted by atomic mass is 9.83. The molecule has 0 aliphatic carbocycles. The highest BCUT2D eigenvalue weighted by Gasteiger charge is 2.60. The van der Waals surface area contributed by atoms with Gasteiger partial charge in [0.1, 0.15) is 17.1 Å². The van der Waals surface area contributed by atoms with Gasteiger partial charge in [0.25, 0.3) is 0 Å². The molecule has 3 saturated heterocycles. The summed E-state index contributed by atoms with van der Waals surface area (Å²) in [5, 5.41) is 14.6. The fourth-order valence-corrected chi connectivity index (χ4v) is 6.32. The minimum absolute atomic E-state index is 0.134. The maximum absolute atomic E-state index is 10.00. The Morgan fingerprint density at radius 3 is 2.88 bits per heavy atom. The van der Waals surface area contributed by atoms with Crippen LogP contribution in [0.25, 0.3) is 22.1 Å². The fourth-order valence-electron chi connectivity index (χ4n) is 6.32. The molecule has 0 radical (unpaired) electrons. The van der Waals surface area contributed by atoms with Gasteiger partial charge in [0, 0.05) is 67.7 Å². The van der Waals surface area contributed by atoms with Gasteiger partial charge >= 0.3 is 0 Å². The first kappa shape index (κ1) is 20.2. The zero-order chi connectivity index (χ0) is 21.9. The average Bonchev–Trinajstić information content (AvgIpc) is 3.36. The SMILES string of the molecule is COc1cc2c(-c3ccccc3)c(C)oc2cc1CN1C[C@@H]2[C@H](CO)[C@H]3CNC[C@]2(C1)O3. The molecule has 3 aliphatic rings. The molecule has 6 heteroatoms. The zero-order valence-electron chi connectivity index (χ0n) is 18.6. The number of likely N-dealkylation sites (tertiary alicyclic amines) is 1. The predicted octanol–water partition coefficient (Wildman–Crippen LogP) is 3.20. The normalized spacial score (nSPS) is 29.5. The molecule has 6 rings (SSSR count). The number of ether oxygens (including phenoxy) is 2. The van der Waals surface area contributed by atoms with Crippen LogP contribution in [-0.2, 0) is 11.3 Å². The first-order valence-corrected chi connectivity index (χ1v) is 11.5. The van der Waals surface area contributed by atoms with Crippen LogP contribution in [0.3, 0.4) is 0 Å². The third kappa shape index (κ3) is 3.01. The van der Waals surface area contributed by atoms with Crippen molar-refractivity contribution in [3.63, 3.8) is 0 Å². The largest absolute Gasteiger partial charge is 0.496 e. The molecule has 168 valence electrons. The summed E-state index contributed by atoms with van der Waals surface area (Å²) in [6.45, 7) is 6.47. The summed E-state index contributed by atoms with van der Waals surface area (Å²) in [5.41, 5.74) is 4.09. The molecule has 6 nitrogen and oxygen atoms in total. The molecule has 1 spiro atoms. The van der Waals surface area contributed by atoms with E-state index in [4.69, 9.17) is 13.9 Å². The average molecular weight is 435 g/mol. The minimum atomic E-state index is -0.185. The Bertz CT molecular complexity index is 1140. The van der Waals surface area contributed by atoms with Gasteiger partial charge in [0.05, 0.1) is 18.8 Å². The predicted molar refractivity (Wildman–Crippen MR) is 123 cm³/mol. The summed E-state index contributed by atoms with van der Waals surface area (Å²) < 4.78 is 18.5. The van der Waals surface area contributed by atoms with Crippen LogP contribution in [0.15, 0.2) is 46.9 Å². The molecule has 4 heterocycles. The number of rotatable bonds is 5. The number of methoxy groups -OCH3 is 1. The lowest BCUT2D eigenvalue weighted by molar-refractivity contribution is -0.0746. The lowest BCUT2D eigenvalue weighted by Gasteiger charge is -2.34.